The number of likely N-dealkylation sites (tertiary alicyclic amines) is 1. The molecule has 0 aliphatic carbocycles. The van der Waals surface area contributed by atoms with Gasteiger partial charge in [0.05, 0.1) is 17.5 Å². The van der Waals surface area contributed by atoms with Gasteiger partial charge < -0.3 is 10.0 Å². The first-order valence-electron chi connectivity index (χ1n) is 5.13. The van der Waals surface area contributed by atoms with Gasteiger partial charge in [-0.3, -0.25) is 4.79 Å². The van der Waals surface area contributed by atoms with Crippen LogP contribution in [0.4, 0.5) is 0 Å². The van der Waals surface area contributed by atoms with E-state index in [2.05, 4.69) is 15.9 Å². The molecule has 1 unspecified atom stereocenters. The monoisotopic (exact) mass is 263 g/mol. The van der Waals surface area contributed by atoms with Gasteiger partial charge in [-0.05, 0) is 18.8 Å². The summed E-state index contributed by atoms with van der Waals surface area (Å²) in [6, 6.07) is -0.0251. The Morgan fingerprint density at radius 1 is 1.64 bits per heavy atom. The summed E-state index contributed by atoms with van der Waals surface area (Å²) in [5.41, 5.74) is 0. The van der Waals surface area contributed by atoms with Crippen molar-refractivity contribution in [2.45, 2.75) is 37.6 Å². The third-order valence-corrected chi connectivity index (χ3v) is 3.61. The second-order valence-electron chi connectivity index (χ2n) is 4.14. The average Bonchev–Trinajstić information content (AvgIpc) is 2.13. The Morgan fingerprint density at radius 3 is 2.79 bits per heavy atom. The van der Waals surface area contributed by atoms with Gasteiger partial charge in [-0.1, -0.05) is 29.8 Å². The third-order valence-electron chi connectivity index (χ3n) is 2.76. The fourth-order valence-corrected chi connectivity index (χ4v) is 2.44. The second-order valence-corrected chi connectivity index (χ2v) is 5.24. The maximum absolute atomic E-state index is 11.8. The lowest BCUT2D eigenvalue weighted by Crippen LogP contribution is -2.51. The Balaban J connectivity index is 2.69. The number of amides is 1. The van der Waals surface area contributed by atoms with Gasteiger partial charge in [0.25, 0.3) is 0 Å². The van der Waals surface area contributed by atoms with Crippen LogP contribution in [0.25, 0.3) is 0 Å². The molecule has 0 radical (unpaired) electrons. The number of carbonyl (C=O) groups is 1. The molecule has 82 valence electrons. The number of carbonyl (C=O) groups excluding carboxylic acids is 1. The normalized spacial score (nSPS) is 25.6. The van der Waals surface area contributed by atoms with Crippen molar-refractivity contribution < 1.29 is 9.90 Å². The molecule has 0 saturated carbocycles. The van der Waals surface area contributed by atoms with Crippen LogP contribution in [0.1, 0.15) is 26.7 Å². The van der Waals surface area contributed by atoms with Gasteiger partial charge in [0, 0.05) is 6.54 Å². The maximum Gasteiger partial charge on any atom is 0.236 e. The van der Waals surface area contributed by atoms with Gasteiger partial charge in [0.1, 0.15) is 0 Å². The van der Waals surface area contributed by atoms with Crippen LogP contribution in [0.2, 0.25) is 0 Å². The van der Waals surface area contributed by atoms with Gasteiger partial charge in [-0.25, -0.2) is 0 Å². The van der Waals surface area contributed by atoms with Crippen LogP contribution in [-0.4, -0.2) is 39.9 Å². The van der Waals surface area contributed by atoms with Crippen molar-refractivity contribution in [3.63, 3.8) is 0 Å². The molecule has 14 heavy (non-hydrogen) atoms. The molecular formula is C10H18BrNO2. The zero-order valence-corrected chi connectivity index (χ0v) is 10.3. The first kappa shape index (κ1) is 12.0. The number of aliphatic hydroxyl groups excluding tert-OH is 1. The van der Waals surface area contributed by atoms with E-state index in [-0.39, 0.29) is 23.4 Å². The summed E-state index contributed by atoms with van der Waals surface area (Å²) in [5, 5.41) is 9.24. The molecule has 0 aromatic heterocycles. The number of halogens is 1. The fourth-order valence-electron chi connectivity index (χ4n) is 1.85. The quantitative estimate of drug-likeness (QED) is 0.782. The van der Waals surface area contributed by atoms with Crippen LogP contribution >= 0.6 is 15.9 Å². The number of rotatable bonds is 3. The highest BCUT2D eigenvalue weighted by Gasteiger charge is 2.32. The average molecular weight is 264 g/mol. The van der Waals surface area contributed by atoms with Gasteiger partial charge in [-0.2, -0.15) is 0 Å². The number of nitrogens with zero attached hydrogens (tertiary/aromatic N) is 1. The molecule has 0 aromatic rings. The molecule has 4 heteroatoms. The van der Waals surface area contributed by atoms with E-state index in [1.807, 2.05) is 18.7 Å². The predicted octanol–water partition coefficient (Wildman–Crippen LogP) is 1.39. The molecule has 0 aromatic carbocycles. The minimum atomic E-state index is -0.0518. The SMILES string of the molecule is CC(C)[C@H](CO)N1CCCC(Br)C1=O. The number of alkyl halides is 1. The van der Waals surface area contributed by atoms with Gasteiger partial charge in [0.15, 0.2) is 0 Å². The number of piperidine rings is 1. The van der Waals surface area contributed by atoms with E-state index in [9.17, 15) is 9.90 Å². The van der Waals surface area contributed by atoms with E-state index in [0.29, 0.717) is 5.92 Å². The summed E-state index contributed by atoms with van der Waals surface area (Å²) in [5.74, 6) is 0.436. The molecule has 3 nitrogen and oxygen atoms in total. The van der Waals surface area contributed by atoms with Crippen LogP contribution in [-0.2, 0) is 4.79 Å². The third kappa shape index (κ3) is 2.48. The summed E-state index contributed by atoms with van der Waals surface area (Å²) in [6.45, 7) is 4.91. The molecule has 1 rings (SSSR count). The van der Waals surface area contributed by atoms with Crippen LogP contribution in [0.5, 0.6) is 0 Å². The van der Waals surface area contributed by atoms with Crippen molar-refractivity contribution in [2.24, 2.45) is 5.92 Å². The molecule has 0 bridgehead atoms. The first-order valence-corrected chi connectivity index (χ1v) is 6.05. The number of aliphatic hydroxyl groups is 1. The zero-order chi connectivity index (χ0) is 10.7. The van der Waals surface area contributed by atoms with Crippen molar-refractivity contribution in [2.75, 3.05) is 13.2 Å². The maximum atomic E-state index is 11.8. The van der Waals surface area contributed by atoms with E-state index >= 15 is 0 Å². The molecule has 1 amide bonds. The van der Waals surface area contributed by atoms with E-state index in [1.54, 1.807) is 0 Å². The molecule has 0 spiro atoms. The number of hydrogen-bond donors (Lipinski definition) is 1. The van der Waals surface area contributed by atoms with Gasteiger partial charge in [-0.15, -0.1) is 0 Å². The lowest BCUT2D eigenvalue weighted by Gasteiger charge is -2.37. The summed E-state index contributed by atoms with van der Waals surface area (Å²) in [6.07, 6.45) is 1.93. The molecule has 1 heterocycles. The van der Waals surface area contributed by atoms with Gasteiger partial charge in [0.2, 0.25) is 5.91 Å². The molecule has 1 aliphatic rings. The van der Waals surface area contributed by atoms with Crippen molar-refractivity contribution in [3.8, 4) is 0 Å². The summed E-state index contributed by atoms with van der Waals surface area (Å²) >= 11 is 3.37. The first-order chi connectivity index (χ1) is 6.57. The Bertz CT molecular complexity index is 208. The minimum Gasteiger partial charge on any atom is -0.394 e. The second kappa shape index (κ2) is 5.12. The number of hydrogen-bond acceptors (Lipinski definition) is 2. The Kier molecular flexibility index (Phi) is 4.38. The van der Waals surface area contributed by atoms with E-state index in [1.165, 1.54) is 0 Å². The lowest BCUT2D eigenvalue weighted by atomic mass is 10.00. The molecular weight excluding hydrogens is 246 g/mol. The fraction of sp³-hybridized carbons (Fsp3) is 0.900. The largest absolute Gasteiger partial charge is 0.394 e. The summed E-state index contributed by atoms with van der Waals surface area (Å²) in [4.78, 5) is 13.6. The Labute approximate surface area is 93.6 Å². The van der Waals surface area contributed by atoms with Crippen LogP contribution in [0.3, 0.4) is 0 Å². The van der Waals surface area contributed by atoms with Gasteiger partial charge >= 0.3 is 0 Å². The van der Waals surface area contributed by atoms with Crippen molar-refractivity contribution in [1.82, 2.24) is 4.90 Å². The highest BCUT2D eigenvalue weighted by molar-refractivity contribution is 9.10. The van der Waals surface area contributed by atoms with E-state index < -0.39 is 0 Å². The summed E-state index contributed by atoms with van der Waals surface area (Å²) < 4.78 is 0. The zero-order valence-electron chi connectivity index (χ0n) is 8.74. The lowest BCUT2D eigenvalue weighted by molar-refractivity contribution is -0.137. The van der Waals surface area contributed by atoms with Crippen LogP contribution in [0, 0.1) is 5.92 Å². The smallest absolute Gasteiger partial charge is 0.236 e. The minimum absolute atomic E-state index is 0.0251. The van der Waals surface area contributed by atoms with E-state index in [4.69, 9.17) is 0 Å². The Hall–Kier alpha value is -0.0900. The summed E-state index contributed by atoms with van der Waals surface area (Å²) in [7, 11) is 0. The molecule has 2 atom stereocenters. The standard InChI is InChI=1S/C10H18BrNO2/c1-7(2)9(6-13)12-5-3-4-8(11)10(12)14/h7-9,13H,3-6H2,1-2H3/t8?,9-/m0/s1. The van der Waals surface area contributed by atoms with E-state index in [0.717, 1.165) is 19.4 Å². The van der Waals surface area contributed by atoms with Crippen molar-refractivity contribution in [1.29, 1.82) is 0 Å². The molecule has 1 saturated heterocycles. The van der Waals surface area contributed by atoms with Crippen LogP contribution < -0.4 is 0 Å². The molecule has 1 fully saturated rings. The Morgan fingerprint density at radius 2 is 2.29 bits per heavy atom. The highest BCUT2D eigenvalue weighted by Crippen LogP contribution is 2.22. The topological polar surface area (TPSA) is 40.5 Å². The molecule has 1 N–H and O–H groups in total. The van der Waals surface area contributed by atoms with Crippen molar-refractivity contribution in [3.05, 3.63) is 0 Å². The van der Waals surface area contributed by atoms with Crippen LogP contribution in [0.15, 0.2) is 0 Å². The predicted molar refractivity (Wildman–Crippen MR) is 59.4 cm³/mol. The molecule has 1 aliphatic heterocycles. The highest BCUT2D eigenvalue weighted by atomic mass is 79.9. The van der Waals surface area contributed by atoms with Crippen molar-refractivity contribution >= 4 is 21.8 Å².